The Kier molecular flexibility index (Phi) is 5.88. The number of likely N-dealkylation sites (tertiary alicyclic amines) is 1. The van der Waals surface area contributed by atoms with Gasteiger partial charge in [-0.2, -0.15) is 5.26 Å². The van der Waals surface area contributed by atoms with E-state index in [0.717, 1.165) is 11.1 Å². The zero-order chi connectivity index (χ0) is 23.5. The largest absolute Gasteiger partial charge is 0.454 e. The first kappa shape index (κ1) is 21.5. The Hall–Kier alpha value is -4.31. The number of fused-ring (bicyclic) bond motifs is 1. The number of hydrogen-bond donors (Lipinski definition) is 1. The van der Waals surface area contributed by atoms with Crippen molar-refractivity contribution in [1.29, 1.82) is 5.26 Å². The third kappa shape index (κ3) is 4.18. The normalized spacial score (nSPS) is 15.0. The summed E-state index contributed by atoms with van der Waals surface area (Å²) in [5.74, 6) is 0.966. The molecule has 5 rings (SSSR count). The van der Waals surface area contributed by atoms with Gasteiger partial charge in [0.25, 0.3) is 5.91 Å². The standard InChI is InChI=1S/C27H23N3O4/c28-16-19-5-1-2-6-21(19)22-7-3-4-8-23(22)27(32)30-13-11-18(12-14-30)26(31)29-20-9-10-24-25(15-20)34-17-33-24/h1-10,15,18H,11-14,17H2,(H,29,31). The molecule has 2 heterocycles. The summed E-state index contributed by atoms with van der Waals surface area (Å²) in [6, 6.07) is 22.2. The third-order valence-corrected chi connectivity index (χ3v) is 6.29. The highest BCUT2D eigenvalue weighted by atomic mass is 16.7. The molecule has 1 N–H and O–H groups in total. The minimum absolute atomic E-state index is 0.0608. The average Bonchev–Trinajstić information content (AvgIpc) is 3.36. The first-order chi connectivity index (χ1) is 16.6. The van der Waals surface area contributed by atoms with Gasteiger partial charge < -0.3 is 19.7 Å². The number of amides is 2. The lowest BCUT2D eigenvalue weighted by atomic mass is 9.93. The van der Waals surface area contributed by atoms with E-state index in [1.54, 1.807) is 35.2 Å². The van der Waals surface area contributed by atoms with Gasteiger partial charge >= 0.3 is 0 Å². The summed E-state index contributed by atoms with van der Waals surface area (Å²) in [5.41, 5.74) is 3.24. The zero-order valence-electron chi connectivity index (χ0n) is 18.5. The molecule has 0 spiro atoms. The Morgan fingerprint density at radius 1 is 0.912 bits per heavy atom. The molecule has 0 radical (unpaired) electrons. The molecule has 7 heteroatoms. The molecule has 2 aliphatic rings. The van der Waals surface area contributed by atoms with E-state index in [-0.39, 0.29) is 24.5 Å². The van der Waals surface area contributed by atoms with E-state index in [0.29, 0.717) is 54.2 Å². The van der Waals surface area contributed by atoms with E-state index in [1.807, 2.05) is 36.4 Å². The van der Waals surface area contributed by atoms with Crippen LogP contribution in [0.4, 0.5) is 5.69 Å². The summed E-state index contributed by atoms with van der Waals surface area (Å²) in [4.78, 5) is 28.0. The predicted octanol–water partition coefficient (Wildman–Crippen LogP) is 4.44. The Bertz CT molecular complexity index is 1290. The highest BCUT2D eigenvalue weighted by Gasteiger charge is 2.29. The molecule has 0 unspecified atom stereocenters. The van der Waals surface area contributed by atoms with Crippen molar-refractivity contribution in [3.8, 4) is 28.7 Å². The fourth-order valence-corrected chi connectivity index (χ4v) is 4.45. The van der Waals surface area contributed by atoms with Crippen molar-refractivity contribution >= 4 is 17.5 Å². The average molecular weight is 453 g/mol. The minimum atomic E-state index is -0.177. The lowest BCUT2D eigenvalue weighted by Gasteiger charge is -2.32. The van der Waals surface area contributed by atoms with Gasteiger partial charge in [-0.1, -0.05) is 36.4 Å². The lowest BCUT2D eigenvalue weighted by molar-refractivity contribution is -0.121. The smallest absolute Gasteiger partial charge is 0.254 e. The SMILES string of the molecule is N#Cc1ccccc1-c1ccccc1C(=O)N1CCC(C(=O)Nc2ccc3c(c2)OCO3)CC1. The first-order valence-electron chi connectivity index (χ1n) is 11.2. The molecule has 1 fully saturated rings. The van der Waals surface area contributed by atoms with Crippen LogP contribution in [-0.2, 0) is 4.79 Å². The maximum atomic E-state index is 13.4. The van der Waals surface area contributed by atoms with Crippen LogP contribution in [0, 0.1) is 17.2 Å². The van der Waals surface area contributed by atoms with E-state index < -0.39 is 0 Å². The fourth-order valence-electron chi connectivity index (χ4n) is 4.45. The van der Waals surface area contributed by atoms with Crippen LogP contribution in [0.15, 0.2) is 66.7 Å². The summed E-state index contributed by atoms with van der Waals surface area (Å²) >= 11 is 0. The van der Waals surface area contributed by atoms with Gasteiger partial charge in [0.15, 0.2) is 11.5 Å². The number of hydrogen-bond acceptors (Lipinski definition) is 5. The van der Waals surface area contributed by atoms with Gasteiger partial charge in [0.05, 0.1) is 11.6 Å². The molecule has 1 saturated heterocycles. The molecule has 3 aromatic rings. The van der Waals surface area contributed by atoms with Crippen LogP contribution in [0.3, 0.4) is 0 Å². The molecule has 3 aromatic carbocycles. The molecule has 7 nitrogen and oxygen atoms in total. The predicted molar refractivity (Wildman–Crippen MR) is 126 cm³/mol. The molecule has 0 aromatic heterocycles. The van der Waals surface area contributed by atoms with Crippen LogP contribution in [-0.4, -0.2) is 36.6 Å². The van der Waals surface area contributed by atoms with E-state index >= 15 is 0 Å². The number of nitriles is 1. The summed E-state index contributed by atoms with van der Waals surface area (Å²) in [6.07, 6.45) is 1.16. The number of anilines is 1. The second-order valence-corrected chi connectivity index (χ2v) is 8.33. The van der Waals surface area contributed by atoms with Gasteiger partial charge in [-0.15, -0.1) is 0 Å². The molecule has 0 bridgehead atoms. The monoisotopic (exact) mass is 453 g/mol. The zero-order valence-corrected chi connectivity index (χ0v) is 18.5. The lowest BCUT2D eigenvalue weighted by Crippen LogP contribution is -2.41. The molecule has 0 saturated carbocycles. The van der Waals surface area contributed by atoms with Crippen LogP contribution in [0.2, 0.25) is 0 Å². The minimum Gasteiger partial charge on any atom is -0.454 e. The Labute approximate surface area is 197 Å². The van der Waals surface area contributed by atoms with E-state index in [4.69, 9.17) is 9.47 Å². The van der Waals surface area contributed by atoms with Crippen molar-refractivity contribution in [2.75, 3.05) is 25.2 Å². The van der Waals surface area contributed by atoms with Crippen molar-refractivity contribution in [3.05, 3.63) is 77.9 Å². The van der Waals surface area contributed by atoms with Gasteiger partial charge in [0.1, 0.15) is 0 Å². The van der Waals surface area contributed by atoms with Gasteiger partial charge in [0.2, 0.25) is 12.7 Å². The van der Waals surface area contributed by atoms with Gasteiger partial charge in [-0.3, -0.25) is 9.59 Å². The van der Waals surface area contributed by atoms with Crippen LogP contribution in [0.1, 0.15) is 28.8 Å². The highest BCUT2D eigenvalue weighted by molar-refractivity contribution is 6.01. The number of carbonyl (C=O) groups excluding carboxylic acids is 2. The second-order valence-electron chi connectivity index (χ2n) is 8.33. The van der Waals surface area contributed by atoms with Gasteiger partial charge in [0, 0.05) is 41.9 Å². The summed E-state index contributed by atoms with van der Waals surface area (Å²) in [7, 11) is 0. The van der Waals surface area contributed by atoms with Crippen molar-refractivity contribution in [1.82, 2.24) is 4.90 Å². The van der Waals surface area contributed by atoms with Crippen molar-refractivity contribution in [3.63, 3.8) is 0 Å². The van der Waals surface area contributed by atoms with Gasteiger partial charge in [-0.05, 0) is 42.7 Å². The molecular weight excluding hydrogens is 430 g/mol. The molecule has 0 aliphatic carbocycles. The summed E-state index contributed by atoms with van der Waals surface area (Å²) < 4.78 is 10.7. The third-order valence-electron chi connectivity index (χ3n) is 6.29. The highest BCUT2D eigenvalue weighted by Crippen LogP contribution is 2.35. The number of carbonyl (C=O) groups is 2. The van der Waals surface area contributed by atoms with Crippen molar-refractivity contribution in [2.45, 2.75) is 12.8 Å². The first-order valence-corrected chi connectivity index (χ1v) is 11.2. The number of nitrogens with zero attached hydrogens (tertiary/aromatic N) is 2. The van der Waals surface area contributed by atoms with Crippen LogP contribution < -0.4 is 14.8 Å². The molecular formula is C27H23N3O4. The quantitative estimate of drug-likeness (QED) is 0.630. The Morgan fingerprint density at radius 3 is 2.41 bits per heavy atom. The Morgan fingerprint density at radius 2 is 1.62 bits per heavy atom. The fraction of sp³-hybridized carbons (Fsp3) is 0.222. The maximum absolute atomic E-state index is 13.4. The number of rotatable bonds is 4. The molecule has 2 aliphatic heterocycles. The van der Waals surface area contributed by atoms with E-state index in [9.17, 15) is 14.9 Å². The Balaban J connectivity index is 1.25. The van der Waals surface area contributed by atoms with Crippen LogP contribution >= 0.6 is 0 Å². The molecule has 34 heavy (non-hydrogen) atoms. The van der Waals surface area contributed by atoms with Crippen molar-refractivity contribution < 1.29 is 19.1 Å². The number of nitrogens with one attached hydrogen (secondary N) is 1. The van der Waals surface area contributed by atoms with Crippen molar-refractivity contribution in [2.24, 2.45) is 5.92 Å². The van der Waals surface area contributed by atoms with Crippen LogP contribution in [0.5, 0.6) is 11.5 Å². The van der Waals surface area contributed by atoms with Gasteiger partial charge in [-0.25, -0.2) is 0 Å². The number of benzene rings is 3. The molecule has 2 amide bonds. The van der Waals surface area contributed by atoms with Crippen LogP contribution in [0.25, 0.3) is 11.1 Å². The number of piperidine rings is 1. The summed E-state index contributed by atoms with van der Waals surface area (Å²) in [5, 5.41) is 12.4. The molecule has 170 valence electrons. The molecule has 0 atom stereocenters. The topological polar surface area (TPSA) is 91.7 Å². The van der Waals surface area contributed by atoms with E-state index in [1.165, 1.54) is 0 Å². The van der Waals surface area contributed by atoms with E-state index in [2.05, 4.69) is 11.4 Å². The maximum Gasteiger partial charge on any atom is 0.254 e. The second kappa shape index (κ2) is 9.28. The summed E-state index contributed by atoms with van der Waals surface area (Å²) in [6.45, 7) is 1.17. The number of ether oxygens (including phenoxy) is 2.